The molecule has 0 atom stereocenters. The molecule has 0 radical (unpaired) electrons. The Morgan fingerprint density at radius 2 is 0.385 bits per heavy atom. The van der Waals surface area contributed by atoms with Crippen LogP contribution in [0.1, 0.15) is 0 Å². The first-order chi connectivity index (χ1) is 38.6. The molecule has 0 aliphatic rings. The highest BCUT2D eigenvalue weighted by Crippen LogP contribution is 2.42. The van der Waals surface area contributed by atoms with E-state index in [-0.39, 0.29) is 0 Å². The molecule has 0 aliphatic heterocycles. The minimum Gasteiger partial charge on any atom is -0.311 e. The molecule has 0 fully saturated rings. The van der Waals surface area contributed by atoms with Crippen LogP contribution in [-0.2, 0) is 0 Å². The molecule has 0 bridgehead atoms. The minimum atomic E-state index is 1.07. The second-order valence-corrected chi connectivity index (χ2v) is 19.7. The predicted molar refractivity (Wildman–Crippen MR) is 331 cm³/mol. The standard InChI is InChI=1S/C76H54N2/c1-5-16-55(17-6-1)59-28-40-69(41-29-59)77(73-48-36-63(37-49-73)68-53-66(57-20-9-3-10-21-57)52-67(54-68)58-22-11-4-12-23-58)71-44-32-61(33-45-71)62-34-46-72(47-35-62)78(70-42-30-60(31-43-70)56-18-7-2-8-19-56)74-50-38-65(39-51-74)76-27-15-25-64-24-13-14-26-75(64)76/h1-54H. The van der Waals surface area contributed by atoms with Crippen LogP contribution in [0.2, 0.25) is 0 Å². The first kappa shape index (κ1) is 47.4. The van der Waals surface area contributed by atoms with Gasteiger partial charge < -0.3 is 9.80 Å². The molecule has 13 rings (SSSR count). The maximum atomic E-state index is 2.35. The summed E-state index contributed by atoms with van der Waals surface area (Å²) in [4.78, 5) is 4.71. The van der Waals surface area contributed by atoms with E-state index in [0.717, 1.165) is 50.8 Å². The third-order valence-electron chi connectivity index (χ3n) is 14.9. The van der Waals surface area contributed by atoms with Gasteiger partial charge in [0.2, 0.25) is 0 Å². The van der Waals surface area contributed by atoms with E-state index in [1.54, 1.807) is 0 Å². The number of benzene rings is 13. The van der Waals surface area contributed by atoms with Crippen LogP contribution in [0.3, 0.4) is 0 Å². The van der Waals surface area contributed by atoms with Crippen molar-refractivity contribution in [2.24, 2.45) is 0 Å². The molecule has 13 aromatic rings. The van der Waals surface area contributed by atoms with E-state index < -0.39 is 0 Å². The van der Waals surface area contributed by atoms with Gasteiger partial charge in [-0.3, -0.25) is 0 Å². The number of fused-ring (bicyclic) bond motifs is 1. The number of hydrogen-bond acceptors (Lipinski definition) is 2. The first-order valence-corrected chi connectivity index (χ1v) is 26.7. The molecule has 0 heterocycles. The van der Waals surface area contributed by atoms with Crippen molar-refractivity contribution in [1.82, 2.24) is 0 Å². The van der Waals surface area contributed by atoms with Crippen LogP contribution in [0.4, 0.5) is 34.1 Å². The van der Waals surface area contributed by atoms with Crippen LogP contribution >= 0.6 is 0 Å². The average molecular weight is 995 g/mol. The Hall–Kier alpha value is -10.3. The molecule has 0 unspecified atom stereocenters. The Morgan fingerprint density at radius 3 is 0.705 bits per heavy atom. The van der Waals surface area contributed by atoms with Gasteiger partial charge in [-0.25, -0.2) is 0 Å². The van der Waals surface area contributed by atoms with Crippen LogP contribution < -0.4 is 9.80 Å². The van der Waals surface area contributed by atoms with Crippen molar-refractivity contribution in [1.29, 1.82) is 0 Å². The molecule has 0 spiro atoms. The van der Waals surface area contributed by atoms with Gasteiger partial charge in [-0.05, 0) is 180 Å². The second kappa shape index (κ2) is 21.5. The molecule has 78 heavy (non-hydrogen) atoms. The van der Waals surface area contributed by atoms with E-state index in [2.05, 4.69) is 337 Å². The van der Waals surface area contributed by atoms with E-state index in [9.17, 15) is 0 Å². The van der Waals surface area contributed by atoms with Gasteiger partial charge in [0.1, 0.15) is 0 Å². The fourth-order valence-corrected chi connectivity index (χ4v) is 10.8. The van der Waals surface area contributed by atoms with Gasteiger partial charge in [0.15, 0.2) is 0 Å². The molecule has 2 nitrogen and oxygen atoms in total. The molecule has 2 heteroatoms. The minimum absolute atomic E-state index is 1.07. The summed E-state index contributed by atoms with van der Waals surface area (Å²) in [6.07, 6.45) is 0. The van der Waals surface area contributed by atoms with E-state index in [1.165, 1.54) is 72.0 Å². The molecule has 13 aromatic carbocycles. The lowest BCUT2D eigenvalue weighted by atomic mass is 9.93. The van der Waals surface area contributed by atoms with Crippen molar-refractivity contribution in [3.63, 3.8) is 0 Å². The highest BCUT2D eigenvalue weighted by molar-refractivity contribution is 5.97. The normalized spacial score (nSPS) is 11.1. The Morgan fingerprint density at radius 1 is 0.154 bits per heavy atom. The summed E-state index contributed by atoms with van der Waals surface area (Å²) in [6.45, 7) is 0. The van der Waals surface area contributed by atoms with Crippen molar-refractivity contribution < 1.29 is 0 Å². The van der Waals surface area contributed by atoms with E-state index in [4.69, 9.17) is 0 Å². The van der Waals surface area contributed by atoms with Crippen molar-refractivity contribution in [3.8, 4) is 77.9 Å². The van der Waals surface area contributed by atoms with Crippen molar-refractivity contribution in [3.05, 3.63) is 328 Å². The van der Waals surface area contributed by atoms with Crippen LogP contribution in [-0.4, -0.2) is 0 Å². The molecule has 0 aliphatic carbocycles. The molecule has 0 aromatic heterocycles. The lowest BCUT2D eigenvalue weighted by Gasteiger charge is -2.27. The number of rotatable bonds is 13. The topological polar surface area (TPSA) is 6.48 Å². The summed E-state index contributed by atoms with van der Waals surface area (Å²) in [5.41, 5.74) is 23.1. The Kier molecular flexibility index (Phi) is 13.1. The predicted octanol–water partition coefficient (Wildman–Crippen LogP) is 21.4. The van der Waals surface area contributed by atoms with Crippen LogP contribution in [0.5, 0.6) is 0 Å². The van der Waals surface area contributed by atoms with Crippen LogP contribution in [0, 0.1) is 0 Å². The zero-order valence-corrected chi connectivity index (χ0v) is 43.1. The highest BCUT2D eigenvalue weighted by Gasteiger charge is 2.17. The lowest BCUT2D eigenvalue weighted by molar-refractivity contribution is 1.28. The van der Waals surface area contributed by atoms with Gasteiger partial charge in [-0.1, -0.05) is 237 Å². The van der Waals surface area contributed by atoms with E-state index in [0.29, 0.717) is 0 Å². The maximum absolute atomic E-state index is 2.35. The number of nitrogens with zero attached hydrogens (tertiary/aromatic N) is 2. The van der Waals surface area contributed by atoms with Gasteiger partial charge >= 0.3 is 0 Å². The maximum Gasteiger partial charge on any atom is 0.0462 e. The monoisotopic (exact) mass is 994 g/mol. The second-order valence-electron chi connectivity index (χ2n) is 19.7. The van der Waals surface area contributed by atoms with Crippen molar-refractivity contribution in [2.75, 3.05) is 9.80 Å². The zero-order valence-electron chi connectivity index (χ0n) is 43.1. The third kappa shape index (κ3) is 9.90. The molecule has 0 amide bonds. The van der Waals surface area contributed by atoms with Crippen molar-refractivity contribution in [2.45, 2.75) is 0 Å². The molecule has 0 saturated heterocycles. The van der Waals surface area contributed by atoms with Gasteiger partial charge in [0, 0.05) is 34.1 Å². The molecule has 368 valence electrons. The Bertz CT molecular complexity index is 4040. The van der Waals surface area contributed by atoms with Crippen LogP contribution in [0.25, 0.3) is 88.7 Å². The fraction of sp³-hybridized carbons (Fsp3) is 0. The summed E-state index contributed by atoms with van der Waals surface area (Å²) >= 11 is 0. The number of hydrogen-bond donors (Lipinski definition) is 0. The van der Waals surface area contributed by atoms with Gasteiger partial charge in [-0.15, -0.1) is 0 Å². The summed E-state index contributed by atoms with van der Waals surface area (Å²) in [7, 11) is 0. The smallest absolute Gasteiger partial charge is 0.0462 e. The molecule has 0 saturated carbocycles. The highest BCUT2D eigenvalue weighted by atomic mass is 15.1. The largest absolute Gasteiger partial charge is 0.311 e. The number of anilines is 6. The van der Waals surface area contributed by atoms with E-state index in [1.807, 2.05) is 0 Å². The quantitative estimate of drug-likeness (QED) is 0.114. The Balaban J connectivity index is 0.826. The zero-order chi connectivity index (χ0) is 52.0. The average Bonchev–Trinajstić information content (AvgIpc) is 3.57. The van der Waals surface area contributed by atoms with Gasteiger partial charge in [-0.2, -0.15) is 0 Å². The summed E-state index contributed by atoms with van der Waals surface area (Å²) < 4.78 is 0. The SMILES string of the molecule is c1ccc(-c2ccc(N(c3ccc(-c4ccc(N(c5ccc(-c6ccccc6)cc5)c5ccc(-c6cccc7ccccc67)cc5)cc4)cc3)c3ccc(-c4cc(-c5ccccc5)cc(-c5ccccc5)c4)cc3)cc2)cc1. The lowest BCUT2D eigenvalue weighted by Crippen LogP contribution is -2.10. The summed E-state index contributed by atoms with van der Waals surface area (Å²) in [5, 5.41) is 2.49. The fourth-order valence-electron chi connectivity index (χ4n) is 10.8. The van der Waals surface area contributed by atoms with Gasteiger partial charge in [0.25, 0.3) is 0 Å². The first-order valence-electron chi connectivity index (χ1n) is 26.7. The Labute approximate surface area is 457 Å². The summed E-state index contributed by atoms with van der Waals surface area (Å²) in [5.74, 6) is 0. The van der Waals surface area contributed by atoms with Crippen LogP contribution in [0.15, 0.2) is 328 Å². The van der Waals surface area contributed by atoms with E-state index >= 15 is 0 Å². The van der Waals surface area contributed by atoms with Crippen molar-refractivity contribution >= 4 is 44.9 Å². The molecular weight excluding hydrogens is 941 g/mol. The molecular formula is C76H54N2. The molecule has 0 N–H and O–H groups in total. The van der Waals surface area contributed by atoms with Gasteiger partial charge in [0.05, 0.1) is 0 Å². The third-order valence-corrected chi connectivity index (χ3v) is 14.9. The summed E-state index contributed by atoms with van der Waals surface area (Å²) in [6, 6.07) is 118.